The Kier molecular flexibility index (Phi) is 3.38. The van der Waals surface area contributed by atoms with E-state index in [1.807, 2.05) is 17.0 Å². The van der Waals surface area contributed by atoms with Crippen LogP contribution in [0.4, 0.5) is 5.82 Å². The second-order valence-corrected chi connectivity index (χ2v) is 5.79. The van der Waals surface area contributed by atoms with E-state index in [1.54, 1.807) is 10.8 Å². The first kappa shape index (κ1) is 13.4. The summed E-state index contributed by atoms with van der Waals surface area (Å²) in [5, 5.41) is 15.6. The molecule has 116 valence electrons. The average Bonchev–Trinajstić information content (AvgIpc) is 3.25. The van der Waals surface area contributed by atoms with Crippen molar-refractivity contribution < 1.29 is 4.79 Å². The molecular formula is C14H19N7O. The molecule has 2 aromatic rings. The highest BCUT2D eigenvalue weighted by Gasteiger charge is 2.29. The summed E-state index contributed by atoms with van der Waals surface area (Å²) >= 11 is 0. The lowest BCUT2D eigenvalue weighted by Crippen LogP contribution is -2.53. The van der Waals surface area contributed by atoms with Crippen molar-refractivity contribution in [3.63, 3.8) is 0 Å². The molecule has 4 rings (SSSR count). The van der Waals surface area contributed by atoms with Crippen LogP contribution >= 0.6 is 0 Å². The number of piperazine rings is 1. The Hall–Kier alpha value is -2.22. The number of fused-ring (bicyclic) bond motifs is 1. The fourth-order valence-corrected chi connectivity index (χ4v) is 3.16. The lowest BCUT2D eigenvalue weighted by atomic mass is 10.2. The molecule has 1 N–H and O–H groups in total. The van der Waals surface area contributed by atoms with Crippen molar-refractivity contribution in [3.05, 3.63) is 18.5 Å². The molecule has 8 nitrogen and oxygen atoms in total. The van der Waals surface area contributed by atoms with Crippen LogP contribution in [-0.2, 0) is 4.79 Å². The quantitative estimate of drug-likeness (QED) is 0.807. The van der Waals surface area contributed by atoms with Crippen molar-refractivity contribution in [2.75, 3.05) is 37.6 Å². The lowest BCUT2D eigenvalue weighted by Gasteiger charge is -2.36. The second-order valence-electron chi connectivity index (χ2n) is 5.79. The zero-order valence-electron chi connectivity index (χ0n) is 12.4. The molecule has 0 aromatic carbocycles. The number of hydrogen-bond acceptors (Lipinski definition) is 6. The van der Waals surface area contributed by atoms with Crippen LogP contribution in [0.3, 0.4) is 0 Å². The number of aromatic nitrogens is 4. The van der Waals surface area contributed by atoms with Gasteiger partial charge in [-0.05, 0) is 31.5 Å². The minimum absolute atomic E-state index is 0.0260. The first-order valence-corrected chi connectivity index (χ1v) is 7.75. The average molecular weight is 301 g/mol. The van der Waals surface area contributed by atoms with E-state index < -0.39 is 0 Å². The van der Waals surface area contributed by atoms with Gasteiger partial charge < -0.3 is 15.1 Å². The van der Waals surface area contributed by atoms with E-state index >= 15 is 0 Å². The fourth-order valence-electron chi connectivity index (χ4n) is 3.16. The molecule has 2 aromatic heterocycles. The van der Waals surface area contributed by atoms with Gasteiger partial charge in [-0.15, -0.1) is 15.3 Å². The number of nitrogens with zero attached hydrogens (tertiary/aromatic N) is 6. The van der Waals surface area contributed by atoms with Crippen molar-refractivity contribution in [1.82, 2.24) is 30.0 Å². The molecular weight excluding hydrogens is 282 g/mol. The number of hydrogen-bond donors (Lipinski definition) is 1. The van der Waals surface area contributed by atoms with Gasteiger partial charge in [0.2, 0.25) is 5.91 Å². The van der Waals surface area contributed by atoms with Gasteiger partial charge in [-0.3, -0.25) is 4.79 Å². The van der Waals surface area contributed by atoms with Gasteiger partial charge >= 0.3 is 0 Å². The molecule has 0 saturated carbocycles. The highest BCUT2D eigenvalue weighted by molar-refractivity contribution is 5.82. The Morgan fingerprint density at radius 2 is 2.09 bits per heavy atom. The Morgan fingerprint density at radius 3 is 2.86 bits per heavy atom. The minimum Gasteiger partial charge on any atom is -0.352 e. The van der Waals surface area contributed by atoms with E-state index in [2.05, 4.69) is 25.5 Å². The normalized spacial score (nSPS) is 22.5. The first-order valence-electron chi connectivity index (χ1n) is 7.75. The van der Waals surface area contributed by atoms with Gasteiger partial charge in [0.15, 0.2) is 5.65 Å². The molecule has 8 heteroatoms. The van der Waals surface area contributed by atoms with E-state index in [0.29, 0.717) is 0 Å². The maximum atomic E-state index is 12.4. The van der Waals surface area contributed by atoms with E-state index in [1.165, 1.54) is 0 Å². The van der Waals surface area contributed by atoms with E-state index in [4.69, 9.17) is 0 Å². The zero-order valence-corrected chi connectivity index (χ0v) is 12.4. The predicted octanol–water partition coefficient (Wildman–Crippen LogP) is -0.475. The molecule has 4 heterocycles. The van der Waals surface area contributed by atoms with Crippen molar-refractivity contribution in [2.24, 2.45) is 0 Å². The number of carbonyl (C=O) groups excluding carboxylic acids is 1. The molecule has 2 aliphatic rings. The van der Waals surface area contributed by atoms with Crippen LogP contribution in [0.1, 0.15) is 12.8 Å². The van der Waals surface area contributed by atoms with Gasteiger partial charge in [0.25, 0.3) is 0 Å². The summed E-state index contributed by atoms with van der Waals surface area (Å²) in [6.45, 7) is 4.06. The largest absolute Gasteiger partial charge is 0.352 e. The molecule has 0 radical (unpaired) electrons. The van der Waals surface area contributed by atoms with Crippen molar-refractivity contribution in [2.45, 2.75) is 18.9 Å². The highest BCUT2D eigenvalue weighted by atomic mass is 16.2. The molecule has 0 aliphatic carbocycles. The topological polar surface area (TPSA) is 78.7 Å². The molecule has 0 unspecified atom stereocenters. The molecule has 0 bridgehead atoms. The lowest BCUT2D eigenvalue weighted by molar-refractivity contribution is -0.133. The summed E-state index contributed by atoms with van der Waals surface area (Å²) in [4.78, 5) is 16.6. The van der Waals surface area contributed by atoms with Crippen LogP contribution in [-0.4, -0.2) is 69.4 Å². The van der Waals surface area contributed by atoms with Crippen molar-refractivity contribution in [1.29, 1.82) is 0 Å². The van der Waals surface area contributed by atoms with Crippen LogP contribution in [0.15, 0.2) is 18.5 Å². The second kappa shape index (κ2) is 5.53. The summed E-state index contributed by atoms with van der Waals surface area (Å²) in [5.41, 5.74) is 0.741. The monoisotopic (exact) mass is 301 g/mol. The molecule has 0 spiro atoms. The van der Waals surface area contributed by atoms with E-state index in [-0.39, 0.29) is 11.9 Å². The Morgan fingerprint density at radius 1 is 1.23 bits per heavy atom. The third kappa shape index (κ3) is 2.39. The summed E-state index contributed by atoms with van der Waals surface area (Å²) in [6, 6.07) is 3.90. The van der Waals surface area contributed by atoms with Crippen LogP contribution in [0.25, 0.3) is 5.65 Å². The molecule has 1 atom stereocenters. The van der Waals surface area contributed by atoms with Gasteiger partial charge in [0.05, 0.1) is 6.04 Å². The summed E-state index contributed by atoms with van der Waals surface area (Å²) in [7, 11) is 0. The van der Waals surface area contributed by atoms with Crippen molar-refractivity contribution in [3.8, 4) is 0 Å². The van der Waals surface area contributed by atoms with Crippen LogP contribution in [0.5, 0.6) is 0 Å². The molecule has 2 fully saturated rings. The SMILES string of the molecule is O=C([C@@H]1CCCN1)N1CCN(c2ccc3nncn3n2)CC1. The Balaban J connectivity index is 1.41. The third-order valence-electron chi connectivity index (χ3n) is 4.42. The predicted molar refractivity (Wildman–Crippen MR) is 80.6 cm³/mol. The fraction of sp³-hybridized carbons (Fsp3) is 0.571. The molecule has 2 saturated heterocycles. The molecule has 1 amide bonds. The summed E-state index contributed by atoms with van der Waals surface area (Å²) in [5.74, 6) is 1.15. The number of rotatable bonds is 2. The van der Waals surface area contributed by atoms with Gasteiger partial charge in [0, 0.05) is 26.2 Å². The Bertz CT molecular complexity index is 671. The van der Waals surface area contributed by atoms with Crippen LogP contribution < -0.4 is 10.2 Å². The number of nitrogens with one attached hydrogen (secondary N) is 1. The standard InChI is InChI=1S/C14H19N7O/c22-14(11-2-1-5-15-11)20-8-6-19(7-9-20)13-4-3-12-17-16-10-21(12)18-13/h3-4,10-11,15H,1-2,5-9H2/t11-/m0/s1. The van der Waals surface area contributed by atoms with Gasteiger partial charge in [-0.25, -0.2) is 0 Å². The number of amides is 1. The highest BCUT2D eigenvalue weighted by Crippen LogP contribution is 2.16. The summed E-state index contributed by atoms with van der Waals surface area (Å²) < 4.78 is 1.68. The number of anilines is 1. The van der Waals surface area contributed by atoms with Crippen molar-refractivity contribution >= 4 is 17.4 Å². The van der Waals surface area contributed by atoms with Crippen LogP contribution in [0, 0.1) is 0 Å². The van der Waals surface area contributed by atoms with E-state index in [0.717, 1.165) is 57.0 Å². The van der Waals surface area contributed by atoms with Crippen LogP contribution in [0.2, 0.25) is 0 Å². The molecule has 22 heavy (non-hydrogen) atoms. The zero-order chi connectivity index (χ0) is 14.9. The summed E-state index contributed by atoms with van der Waals surface area (Å²) in [6.07, 6.45) is 3.66. The van der Waals surface area contributed by atoms with Gasteiger partial charge in [-0.1, -0.05) is 0 Å². The third-order valence-corrected chi connectivity index (χ3v) is 4.42. The number of carbonyl (C=O) groups is 1. The van der Waals surface area contributed by atoms with E-state index in [9.17, 15) is 4.79 Å². The smallest absolute Gasteiger partial charge is 0.239 e. The van der Waals surface area contributed by atoms with Gasteiger partial charge in [0.1, 0.15) is 12.1 Å². The van der Waals surface area contributed by atoms with Gasteiger partial charge in [-0.2, -0.15) is 4.52 Å². The maximum absolute atomic E-state index is 12.4. The maximum Gasteiger partial charge on any atom is 0.239 e. The first-order chi connectivity index (χ1) is 10.8. The molecule has 2 aliphatic heterocycles. The minimum atomic E-state index is 0.0260. The Labute approximate surface area is 128 Å².